The maximum atomic E-state index is 4.70. The number of hydrogen-bond donors (Lipinski definition) is 0. The summed E-state index contributed by atoms with van der Waals surface area (Å²) in [7, 11) is 0. The Morgan fingerprint density at radius 2 is 2.13 bits per heavy atom. The third-order valence-electron chi connectivity index (χ3n) is 2.88. The van der Waals surface area contributed by atoms with Crippen LogP contribution in [-0.2, 0) is 0 Å². The minimum absolute atomic E-state index is 1.05. The molecule has 0 saturated carbocycles. The van der Waals surface area contributed by atoms with Crippen LogP contribution in [0.25, 0.3) is 17.7 Å². The summed E-state index contributed by atoms with van der Waals surface area (Å²) in [5.74, 6) is 0. The molecule has 15 heavy (non-hydrogen) atoms. The van der Waals surface area contributed by atoms with Crippen LogP contribution in [0.4, 0.5) is 0 Å². The number of hydrogen-bond acceptors (Lipinski definition) is 1. The molecule has 0 unspecified atom stereocenters. The topological polar surface area (TPSA) is 12.9 Å². The molecule has 0 atom stereocenters. The van der Waals surface area contributed by atoms with E-state index in [2.05, 4.69) is 44.2 Å². The van der Waals surface area contributed by atoms with E-state index in [0.717, 1.165) is 30.3 Å². The van der Waals surface area contributed by atoms with E-state index in [1.807, 2.05) is 0 Å². The highest BCUT2D eigenvalue weighted by Gasteiger charge is 2.01. The molecule has 1 aromatic heterocycles. The summed E-state index contributed by atoms with van der Waals surface area (Å²) in [5.41, 5.74) is 2.46. The molecule has 1 heterocycles. The van der Waals surface area contributed by atoms with E-state index in [-0.39, 0.29) is 0 Å². The molecule has 0 aliphatic heterocycles. The fraction of sp³-hybridized carbons (Fsp3) is 0.357. The third-order valence-corrected chi connectivity index (χ3v) is 2.88. The predicted molar refractivity (Wildman–Crippen MR) is 65.6 cm³/mol. The lowest BCUT2D eigenvalue weighted by atomic mass is 10.1. The molecule has 0 aromatic carbocycles. The first-order chi connectivity index (χ1) is 7.35. The van der Waals surface area contributed by atoms with E-state index in [4.69, 9.17) is 4.98 Å². The highest BCUT2D eigenvalue weighted by atomic mass is 14.7. The lowest BCUT2D eigenvalue weighted by Crippen LogP contribution is -2.30. The minimum Gasteiger partial charge on any atom is -0.249 e. The van der Waals surface area contributed by atoms with Crippen LogP contribution in [0.3, 0.4) is 0 Å². The monoisotopic (exact) mass is 199 g/mol. The van der Waals surface area contributed by atoms with Crippen molar-refractivity contribution in [3.05, 3.63) is 34.5 Å². The van der Waals surface area contributed by atoms with Crippen molar-refractivity contribution < 1.29 is 0 Å². The van der Waals surface area contributed by atoms with Gasteiger partial charge in [0.1, 0.15) is 0 Å². The molecule has 1 aliphatic carbocycles. The summed E-state index contributed by atoms with van der Waals surface area (Å²) >= 11 is 0. The van der Waals surface area contributed by atoms with Crippen LogP contribution in [0.15, 0.2) is 18.2 Å². The summed E-state index contributed by atoms with van der Waals surface area (Å²) in [6.45, 7) is 4.25. The second kappa shape index (κ2) is 4.43. The highest BCUT2D eigenvalue weighted by molar-refractivity contribution is 5.62. The normalized spacial score (nSPS) is 15.2. The zero-order chi connectivity index (χ0) is 10.7. The number of rotatable bonds is 2. The van der Waals surface area contributed by atoms with Crippen molar-refractivity contribution in [2.45, 2.75) is 33.1 Å². The third kappa shape index (κ3) is 2.01. The Kier molecular flexibility index (Phi) is 3.00. The first-order valence-electron chi connectivity index (χ1n) is 5.68. The quantitative estimate of drug-likeness (QED) is 0.712. The van der Waals surface area contributed by atoms with Crippen molar-refractivity contribution in [3.8, 4) is 0 Å². The summed E-state index contributed by atoms with van der Waals surface area (Å²) in [5, 5.41) is 2.45. The zero-order valence-corrected chi connectivity index (χ0v) is 9.46. The molecule has 0 radical (unpaired) electrons. The minimum atomic E-state index is 1.05. The van der Waals surface area contributed by atoms with Gasteiger partial charge >= 0.3 is 0 Å². The van der Waals surface area contributed by atoms with Gasteiger partial charge in [-0.15, -0.1) is 0 Å². The molecule has 1 nitrogen and oxygen atoms in total. The van der Waals surface area contributed by atoms with E-state index < -0.39 is 0 Å². The van der Waals surface area contributed by atoms with Gasteiger partial charge in [-0.2, -0.15) is 0 Å². The standard InChI is InChI=1S/C14H17N/c1-3-11(4-2)14-10-9-12-7-5-6-8-13(12)15-14/h3,7-10H,4-6H2,1-2H3/b11-3-. The van der Waals surface area contributed by atoms with Gasteiger partial charge in [-0.05, 0) is 43.0 Å². The number of aromatic nitrogens is 1. The predicted octanol–water partition coefficient (Wildman–Crippen LogP) is 2.25. The molecule has 0 bridgehead atoms. The molecule has 78 valence electrons. The smallest absolute Gasteiger partial charge is 0.0666 e. The number of fused-ring (bicyclic) bond motifs is 1. The Hall–Kier alpha value is -1.37. The largest absolute Gasteiger partial charge is 0.249 e. The molecular weight excluding hydrogens is 182 g/mol. The SMILES string of the molecule is C/C=C(/CC)c1ccc2c(n1)=CCCC=2. The van der Waals surface area contributed by atoms with E-state index in [9.17, 15) is 0 Å². The summed E-state index contributed by atoms with van der Waals surface area (Å²) < 4.78 is 0. The molecule has 0 saturated heterocycles. The second-order valence-corrected chi connectivity index (χ2v) is 3.82. The number of allylic oxidation sites excluding steroid dienone is 2. The number of nitrogens with zero attached hydrogens (tertiary/aromatic N) is 1. The van der Waals surface area contributed by atoms with E-state index >= 15 is 0 Å². The van der Waals surface area contributed by atoms with Crippen LogP contribution in [0.1, 0.15) is 38.8 Å². The zero-order valence-electron chi connectivity index (χ0n) is 9.46. The molecule has 1 heteroatoms. The van der Waals surface area contributed by atoms with Gasteiger partial charge in [0.05, 0.1) is 11.0 Å². The Bertz CT molecular complexity index is 495. The Morgan fingerprint density at radius 1 is 1.33 bits per heavy atom. The Morgan fingerprint density at radius 3 is 2.87 bits per heavy atom. The summed E-state index contributed by atoms with van der Waals surface area (Å²) in [6.07, 6.45) is 9.99. The molecule has 0 spiro atoms. The van der Waals surface area contributed by atoms with Crippen LogP contribution in [0.2, 0.25) is 0 Å². The Labute approximate surface area is 90.9 Å². The fourth-order valence-electron chi connectivity index (χ4n) is 1.99. The maximum Gasteiger partial charge on any atom is 0.0666 e. The van der Waals surface area contributed by atoms with Crippen LogP contribution in [0.5, 0.6) is 0 Å². The molecule has 0 fully saturated rings. The molecule has 1 aromatic rings. The molecule has 1 aliphatic rings. The highest BCUT2D eigenvalue weighted by Crippen LogP contribution is 2.12. The van der Waals surface area contributed by atoms with Gasteiger partial charge in [0, 0.05) is 0 Å². The molecule has 2 rings (SSSR count). The van der Waals surface area contributed by atoms with E-state index in [0.29, 0.717) is 0 Å². The average Bonchev–Trinajstić information content (AvgIpc) is 2.30. The van der Waals surface area contributed by atoms with Crippen LogP contribution >= 0.6 is 0 Å². The fourth-order valence-corrected chi connectivity index (χ4v) is 1.99. The van der Waals surface area contributed by atoms with Gasteiger partial charge in [0.15, 0.2) is 0 Å². The van der Waals surface area contributed by atoms with E-state index in [1.54, 1.807) is 0 Å². The van der Waals surface area contributed by atoms with Gasteiger partial charge in [-0.1, -0.05) is 31.2 Å². The first kappa shape index (κ1) is 10.2. The van der Waals surface area contributed by atoms with Crippen molar-refractivity contribution in [2.75, 3.05) is 0 Å². The number of pyridine rings is 1. The van der Waals surface area contributed by atoms with Gasteiger partial charge in [0.2, 0.25) is 0 Å². The summed E-state index contributed by atoms with van der Waals surface area (Å²) in [6, 6.07) is 4.32. The van der Waals surface area contributed by atoms with Gasteiger partial charge in [-0.25, -0.2) is 4.98 Å². The molecular formula is C14H17N. The van der Waals surface area contributed by atoms with Crippen LogP contribution < -0.4 is 10.6 Å². The van der Waals surface area contributed by atoms with Gasteiger partial charge in [-0.3, -0.25) is 0 Å². The maximum absolute atomic E-state index is 4.70. The van der Waals surface area contributed by atoms with E-state index in [1.165, 1.54) is 10.8 Å². The second-order valence-electron chi connectivity index (χ2n) is 3.82. The van der Waals surface area contributed by atoms with Crippen LogP contribution in [0, 0.1) is 0 Å². The summed E-state index contributed by atoms with van der Waals surface area (Å²) in [4.78, 5) is 4.70. The molecule has 0 amide bonds. The van der Waals surface area contributed by atoms with Crippen molar-refractivity contribution in [3.63, 3.8) is 0 Å². The van der Waals surface area contributed by atoms with Gasteiger partial charge in [0.25, 0.3) is 0 Å². The van der Waals surface area contributed by atoms with Crippen molar-refractivity contribution >= 4 is 17.7 Å². The van der Waals surface area contributed by atoms with Crippen LogP contribution in [-0.4, -0.2) is 4.98 Å². The van der Waals surface area contributed by atoms with Gasteiger partial charge < -0.3 is 0 Å². The van der Waals surface area contributed by atoms with Crippen molar-refractivity contribution in [1.29, 1.82) is 0 Å². The Balaban J connectivity index is 2.55. The lowest BCUT2D eigenvalue weighted by Gasteiger charge is -2.05. The average molecular weight is 199 g/mol. The van der Waals surface area contributed by atoms with Crippen molar-refractivity contribution in [1.82, 2.24) is 4.98 Å². The van der Waals surface area contributed by atoms with Crippen molar-refractivity contribution in [2.24, 2.45) is 0 Å². The first-order valence-corrected chi connectivity index (χ1v) is 5.68. The lowest BCUT2D eigenvalue weighted by molar-refractivity contribution is 1.06. The molecule has 0 N–H and O–H groups in total.